The third kappa shape index (κ3) is 4.19. The maximum atomic E-state index is 13.2. The van der Waals surface area contributed by atoms with Crippen molar-refractivity contribution >= 4 is 5.91 Å². The van der Waals surface area contributed by atoms with Crippen molar-refractivity contribution in [3.8, 4) is 11.1 Å². The number of aliphatic hydroxyl groups is 1. The van der Waals surface area contributed by atoms with Gasteiger partial charge >= 0.3 is 0 Å². The highest BCUT2D eigenvalue weighted by atomic mass is 16.3. The highest BCUT2D eigenvalue weighted by Crippen LogP contribution is 2.42. The zero-order valence-corrected chi connectivity index (χ0v) is 19.1. The number of rotatable bonds is 4. The molecule has 170 valence electrons. The average Bonchev–Trinajstić information content (AvgIpc) is 2.84. The molecule has 1 aromatic heterocycles. The summed E-state index contributed by atoms with van der Waals surface area (Å²) in [6.07, 6.45) is 5.35. The second-order valence-corrected chi connectivity index (χ2v) is 9.22. The Labute approximate surface area is 195 Å². The van der Waals surface area contributed by atoms with E-state index in [4.69, 9.17) is 0 Å². The largest absolute Gasteiger partial charge is 0.395 e. The molecular weight excluding hydrogens is 410 g/mol. The van der Waals surface area contributed by atoms with Crippen molar-refractivity contribution in [3.05, 3.63) is 89.7 Å². The molecule has 0 aliphatic carbocycles. The van der Waals surface area contributed by atoms with Gasteiger partial charge in [-0.25, -0.2) is 0 Å². The fourth-order valence-electron chi connectivity index (χ4n) is 5.58. The molecule has 33 heavy (non-hydrogen) atoms. The van der Waals surface area contributed by atoms with E-state index >= 15 is 0 Å². The lowest BCUT2D eigenvalue weighted by atomic mass is 9.74. The molecule has 3 aromatic rings. The van der Waals surface area contributed by atoms with Crippen LogP contribution in [0.5, 0.6) is 0 Å². The molecular formula is C28H31N3O2. The summed E-state index contributed by atoms with van der Waals surface area (Å²) in [5, 5.41) is 10.2. The van der Waals surface area contributed by atoms with E-state index in [2.05, 4.69) is 65.3 Å². The standard InChI is InChI=1S/C28H31N3O2/c1-20-7-2-3-9-24(20)21-10-12-22(13-11-21)27-25-18-30(28(33)23-8-6-14-29-17-23)15-4-5-16-31(25)26(27)19-32/h2-3,6-14,17,25-27,32H,4-5,15-16,18-19H2,1H3/t25-,26-,27-/m0/s1. The van der Waals surface area contributed by atoms with Gasteiger partial charge < -0.3 is 10.0 Å². The minimum atomic E-state index is 0.0473. The molecule has 0 unspecified atom stereocenters. The Morgan fingerprint density at radius 1 is 1.03 bits per heavy atom. The number of hydrogen-bond acceptors (Lipinski definition) is 4. The van der Waals surface area contributed by atoms with E-state index in [-0.39, 0.29) is 30.5 Å². The fraction of sp³-hybridized carbons (Fsp3) is 0.357. The van der Waals surface area contributed by atoms with E-state index in [1.807, 2.05) is 17.0 Å². The van der Waals surface area contributed by atoms with Crippen LogP contribution in [0.15, 0.2) is 73.1 Å². The smallest absolute Gasteiger partial charge is 0.255 e. The number of carbonyl (C=O) groups excluding carboxylic acids is 1. The van der Waals surface area contributed by atoms with Gasteiger partial charge in [0, 0.05) is 43.5 Å². The van der Waals surface area contributed by atoms with Crippen molar-refractivity contribution in [1.29, 1.82) is 0 Å². The second-order valence-electron chi connectivity index (χ2n) is 9.22. The molecule has 3 heterocycles. The number of hydrogen-bond donors (Lipinski definition) is 1. The van der Waals surface area contributed by atoms with E-state index in [9.17, 15) is 9.90 Å². The van der Waals surface area contributed by atoms with Crippen LogP contribution in [-0.2, 0) is 0 Å². The van der Waals surface area contributed by atoms with Crippen molar-refractivity contribution in [1.82, 2.24) is 14.8 Å². The summed E-state index contributed by atoms with van der Waals surface area (Å²) in [5.41, 5.74) is 5.60. The SMILES string of the molecule is Cc1ccccc1-c1ccc([C@@H]2[C@H](CO)N3CCCCN(C(=O)c4cccnc4)C[C@@H]23)cc1. The number of aromatic nitrogens is 1. The monoisotopic (exact) mass is 441 g/mol. The Balaban J connectivity index is 1.40. The zero-order valence-electron chi connectivity index (χ0n) is 19.1. The van der Waals surface area contributed by atoms with Gasteiger partial charge in [-0.15, -0.1) is 0 Å². The zero-order chi connectivity index (χ0) is 22.8. The third-order valence-electron chi connectivity index (χ3n) is 7.32. The molecule has 0 bridgehead atoms. The summed E-state index contributed by atoms with van der Waals surface area (Å²) >= 11 is 0. The first kappa shape index (κ1) is 21.8. The van der Waals surface area contributed by atoms with E-state index < -0.39 is 0 Å². The van der Waals surface area contributed by atoms with E-state index in [1.165, 1.54) is 22.3 Å². The first-order chi connectivity index (χ1) is 16.2. The molecule has 0 saturated carbocycles. The molecule has 5 heteroatoms. The highest BCUT2D eigenvalue weighted by Gasteiger charge is 2.49. The van der Waals surface area contributed by atoms with Crippen LogP contribution in [0.25, 0.3) is 11.1 Å². The third-order valence-corrected chi connectivity index (χ3v) is 7.32. The second kappa shape index (κ2) is 9.46. The molecule has 2 fully saturated rings. The lowest BCUT2D eigenvalue weighted by molar-refractivity contribution is -0.0606. The summed E-state index contributed by atoms with van der Waals surface area (Å²) in [5.74, 6) is 0.259. The number of aryl methyl sites for hydroxylation is 1. The van der Waals surface area contributed by atoms with Crippen LogP contribution < -0.4 is 0 Å². The molecule has 5 rings (SSSR count). The maximum Gasteiger partial charge on any atom is 0.255 e. The van der Waals surface area contributed by atoms with Gasteiger partial charge in [0.25, 0.3) is 5.91 Å². The minimum Gasteiger partial charge on any atom is -0.395 e. The predicted octanol–water partition coefficient (Wildman–Crippen LogP) is 4.12. The molecule has 2 aliphatic heterocycles. The normalized spacial score (nSPS) is 23.2. The topological polar surface area (TPSA) is 56.7 Å². The van der Waals surface area contributed by atoms with Crippen LogP contribution in [0.3, 0.4) is 0 Å². The number of carbonyl (C=O) groups is 1. The number of benzene rings is 2. The van der Waals surface area contributed by atoms with Crippen LogP contribution in [-0.4, -0.2) is 64.1 Å². The number of pyridine rings is 1. The summed E-state index contributed by atoms with van der Waals surface area (Å²) < 4.78 is 0. The van der Waals surface area contributed by atoms with E-state index in [0.717, 1.165) is 25.9 Å². The van der Waals surface area contributed by atoms with Crippen LogP contribution in [0.4, 0.5) is 0 Å². The van der Waals surface area contributed by atoms with Crippen LogP contribution in [0, 0.1) is 6.92 Å². The van der Waals surface area contributed by atoms with Crippen molar-refractivity contribution in [2.24, 2.45) is 0 Å². The van der Waals surface area contributed by atoms with Crippen molar-refractivity contribution in [2.75, 3.05) is 26.2 Å². The minimum absolute atomic E-state index is 0.0473. The number of nitrogens with zero attached hydrogens (tertiary/aromatic N) is 3. The van der Waals surface area contributed by atoms with Gasteiger partial charge in [0.1, 0.15) is 0 Å². The van der Waals surface area contributed by atoms with Gasteiger partial charge in [-0.2, -0.15) is 0 Å². The molecule has 2 aliphatic rings. The van der Waals surface area contributed by atoms with Crippen molar-refractivity contribution in [2.45, 2.75) is 37.8 Å². The number of aliphatic hydroxyl groups excluding tert-OH is 1. The van der Waals surface area contributed by atoms with Crippen molar-refractivity contribution < 1.29 is 9.90 Å². The molecule has 3 atom stereocenters. The Morgan fingerprint density at radius 2 is 1.82 bits per heavy atom. The van der Waals surface area contributed by atoms with Gasteiger partial charge in [0.05, 0.1) is 12.2 Å². The Morgan fingerprint density at radius 3 is 2.55 bits per heavy atom. The van der Waals surface area contributed by atoms with Crippen molar-refractivity contribution in [3.63, 3.8) is 0 Å². The van der Waals surface area contributed by atoms with Gasteiger partial charge in [-0.3, -0.25) is 14.7 Å². The summed E-state index contributed by atoms with van der Waals surface area (Å²) in [7, 11) is 0. The quantitative estimate of drug-likeness (QED) is 0.662. The summed E-state index contributed by atoms with van der Waals surface area (Å²) in [6.45, 7) is 4.69. The molecule has 2 aromatic carbocycles. The van der Waals surface area contributed by atoms with Crippen LogP contribution in [0.2, 0.25) is 0 Å². The Kier molecular flexibility index (Phi) is 6.25. The number of amides is 1. The van der Waals surface area contributed by atoms with Gasteiger partial charge in [0.2, 0.25) is 0 Å². The Hall–Kier alpha value is -3.02. The molecule has 1 amide bonds. The van der Waals surface area contributed by atoms with E-state index in [0.29, 0.717) is 12.1 Å². The summed E-state index contributed by atoms with van der Waals surface area (Å²) in [4.78, 5) is 21.7. The first-order valence-electron chi connectivity index (χ1n) is 11.9. The van der Waals surface area contributed by atoms with Gasteiger partial charge in [-0.1, -0.05) is 48.5 Å². The summed E-state index contributed by atoms with van der Waals surface area (Å²) in [6, 6.07) is 21.2. The molecule has 0 radical (unpaired) electrons. The molecule has 5 nitrogen and oxygen atoms in total. The lowest BCUT2D eigenvalue weighted by Gasteiger charge is -2.57. The first-order valence-corrected chi connectivity index (χ1v) is 11.9. The van der Waals surface area contributed by atoms with Gasteiger partial charge in [-0.05, 0) is 60.7 Å². The lowest BCUT2D eigenvalue weighted by Crippen LogP contribution is -2.67. The highest BCUT2D eigenvalue weighted by molar-refractivity contribution is 5.93. The van der Waals surface area contributed by atoms with Crippen LogP contribution in [0.1, 0.15) is 40.2 Å². The van der Waals surface area contributed by atoms with E-state index in [1.54, 1.807) is 12.4 Å². The van der Waals surface area contributed by atoms with Gasteiger partial charge in [0.15, 0.2) is 0 Å². The maximum absolute atomic E-state index is 13.2. The average molecular weight is 442 g/mol. The fourth-order valence-corrected chi connectivity index (χ4v) is 5.58. The predicted molar refractivity (Wildman–Crippen MR) is 130 cm³/mol. The van der Waals surface area contributed by atoms with Crippen LogP contribution >= 0.6 is 0 Å². The number of fused-ring (bicyclic) bond motifs is 1. The molecule has 2 saturated heterocycles. The molecule has 0 spiro atoms. The Bertz CT molecular complexity index is 1100. The molecule has 1 N–H and O–H groups in total.